The Labute approximate surface area is 249 Å². The molecule has 3 unspecified atom stereocenters. The molecule has 0 aromatic rings. The van der Waals surface area contributed by atoms with Crippen LogP contribution in [0.4, 0.5) is 0 Å². The normalized spacial score (nSPS) is 14.0. The summed E-state index contributed by atoms with van der Waals surface area (Å²) in [7, 11) is 0. The number of nitrogens with one attached hydrogen (secondary N) is 1. The third-order valence-electron chi connectivity index (χ3n) is 8.13. The van der Waals surface area contributed by atoms with Crippen LogP contribution >= 0.6 is 0 Å². The van der Waals surface area contributed by atoms with Gasteiger partial charge in [0.05, 0.1) is 18.8 Å². The van der Waals surface area contributed by atoms with E-state index in [4.69, 9.17) is 0 Å². The minimum atomic E-state index is -1.09. The standard InChI is InChI=1S/C35H69NO4/c1-3-5-7-9-11-13-15-16-17-18-20-21-23-25-27-29-33(38)32(31-37)36-35(40)34(39)30-28-26-24-22-19-14-12-10-8-6-4-2/h27,29,32-34,37-39H,3-26,28,30-31H2,1-2H3,(H,36,40)/b29-27+. The molecule has 0 fully saturated rings. The monoisotopic (exact) mass is 568 g/mol. The molecule has 0 aliphatic rings. The summed E-state index contributed by atoms with van der Waals surface area (Å²) in [4.78, 5) is 12.3. The first-order valence-corrected chi connectivity index (χ1v) is 17.5. The molecule has 0 aromatic carbocycles. The Bertz CT molecular complexity index is 554. The van der Waals surface area contributed by atoms with Crippen LogP contribution in [-0.4, -0.2) is 46.1 Å². The van der Waals surface area contributed by atoms with Crippen LogP contribution in [0.1, 0.15) is 181 Å². The van der Waals surface area contributed by atoms with Crippen molar-refractivity contribution >= 4 is 5.91 Å². The Morgan fingerprint density at radius 1 is 0.600 bits per heavy atom. The summed E-state index contributed by atoms with van der Waals surface area (Å²) in [5.41, 5.74) is 0. The number of carbonyl (C=O) groups excluding carboxylic acids is 1. The summed E-state index contributed by atoms with van der Waals surface area (Å²) in [6, 6.07) is -0.789. The zero-order valence-electron chi connectivity index (χ0n) is 26.7. The summed E-state index contributed by atoms with van der Waals surface area (Å²) >= 11 is 0. The number of unbranched alkanes of at least 4 members (excludes halogenated alkanes) is 23. The third-order valence-corrected chi connectivity index (χ3v) is 8.13. The Morgan fingerprint density at radius 2 is 0.975 bits per heavy atom. The average Bonchev–Trinajstić information content (AvgIpc) is 2.96. The minimum Gasteiger partial charge on any atom is -0.394 e. The zero-order chi connectivity index (χ0) is 29.5. The molecule has 5 heteroatoms. The van der Waals surface area contributed by atoms with Gasteiger partial charge in [0, 0.05) is 0 Å². The van der Waals surface area contributed by atoms with E-state index < -0.39 is 24.2 Å². The van der Waals surface area contributed by atoms with Gasteiger partial charge in [0.2, 0.25) is 5.91 Å². The lowest BCUT2D eigenvalue weighted by Crippen LogP contribution is -2.48. The van der Waals surface area contributed by atoms with Crippen molar-refractivity contribution in [2.24, 2.45) is 0 Å². The van der Waals surface area contributed by atoms with Gasteiger partial charge in [-0.05, 0) is 19.3 Å². The van der Waals surface area contributed by atoms with Gasteiger partial charge >= 0.3 is 0 Å². The van der Waals surface area contributed by atoms with Crippen molar-refractivity contribution in [1.29, 1.82) is 0 Å². The van der Waals surface area contributed by atoms with Crippen LogP contribution in [0.2, 0.25) is 0 Å². The molecular formula is C35H69NO4. The first kappa shape index (κ1) is 39.1. The van der Waals surface area contributed by atoms with Crippen molar-refractivity contribution in [1.82, 2.24) is 5.32 Å². The Hall–Kier alpha value is -0.910. The molecule has 0 aliphatic carbocycles. The molecule has 0 aromatic heterocycles. The minimum absolute atomic E-state index is 0.360. The van der Waals surface area contributed by atoms with E-state index >= 15 is 0 Å². The number of rotatable bonds is 31. The van der Waals surface area contributed by atoms with E-state index in [9.17, 15) is 20.1 Å². The Kier molecular flexibility index (Phi) is 30.3. The highest BCUT2D eigenvalue weighted by Gasteiger charge is 2.22. The van der Waals surface area contributed by atoms with E-state index in [1.54, 1.807) is 6.08 Å². The summed E-state index contributed by atoms with van der Waals surface area (Å²) in [5, 5.41) is 32.8. The second-order valence-corrected chi connectivity index (χ2v) is 12.1. The maximum Gasteiger partial charge on any atom is 0.249 e. The molecule has 0 radical (unpaired) electrons. The van der Waals surface area contributed by atoms with Gasteiger partial charge in [-0.1, -0.05) is 174 Å². The van der Waals surface area contributed by atoms with E-state index in [0.29, 0.717) is 6.42 Å². The predicted molar refractivity (Wildman–Crippen MR) is 172 cm³/mol. The lowest BCUT2D eigenvalue weighted by Gasteiger charge is -2.21. The molecule has 4 N–H and O–H groups in total. The first-order chi connectivity index (χ1) is 19.6. The van der Waals surface area contributed by atoms with Crippen LogP contribution in [0, 0.1) is 0 Å². The number of allylic oxidation sites excluding steroid dienone is 1. The predicted octanol–water partition coefficient (Wildman–Crippen LogP) is 8.92. The van der Waals surface area contributed by atoms with Gasteiger partial charge in [0.15, 0.2) is 0 Å². The van der Waals surface area contributed by atoms with Gasteiger partial charge in [-0.25, -0.2) is 0 Å². The van der Waals surface area contributed by atoms with Crippen molar-refractivity contribution in [3.8, 4) is 0 Å². The molecule has 0 rings (SSSR count). The van der Waals surface area contributed by atoms with Crippen molar-refractivity contribution in [2.45, 2.75) is 199 Å². The van der Waals surface area contributed by atoms with E-state index in [1.807, 2.05) is 6.08 Å². The highest BCUT2D eigenvalue weighted by atomic mass is 16.3. The molecule has 238 valence electrons. The van der Waals surface area contributed by atoms with Crippen LogP contribution < -0.4 is 5.32 Å². The molecule has 0 bridgehead atoms. The molecular weight excluding hydrogens is 498 g/mol. The topological polar surface area (TPSA) is 89.8 Å². The van der Waals surface area contributed by atoms with Gasteiger partial charge < -0.3 is 20.6 Å². The molecule has 40 heavy (non-hydrogen) atoms. The van der Waals surface area contributed by atoms with Crippen LogP contribution in [-0.2, 0) is 4.79 Å². The van der Waals surface area contributed by atoms with Gasteiger partial charge in [0.1, 0.15) is 6.10 Å². The first-order valence-electron chi connectivity index (χ1n) is 17.5. The number of aliphatic hydroxyl groups is 3. The fourth-order valence-electron chi connectivity index (χ4n) is 5.30. The highest BCUT2D eigenvalue weighted by molar-refractivity contribution is 5.80. The molecule has 0 saturated heterocycles. The number of hydrogen-bond donors (Lipinski definition) is 4. The molecule has 5 nitrogen and oxygen atoms in total. The molecule has 0 spiro atoms. The average molecular weight is 568 g/mol. The fraction of sp³-hybridized carbons (Fsp3) is 0.914. The molecule has 3 atom stereocenters. The fourth-order valence-corrected chi connectivity index (χ4v) is 5.30. The van der Waals surface area contributed by atoms with Gasteiger partial charge in [-0.2, -0.15) is 0 Å². The van der Waals surface area contributed by atoms with E-state index in [1.165, 1.54) is 128 Å². The zero-order valence-corrected chi connectivity index (χ0v) is 26.7. The lowest BCUT2D eigenvalue weighted by atomic mass is 10.0. The van der Waals surface area contributed by atoms with E-state index in [-0.39, 0.29) is 6.61 Å². The van der Waals surface area contributed by atoms with Crippen molar-refractivity contribution < 1.29 is 20.1 Å². The van der Waals surface area contributed by atoms with Crippen molar-refractivity contribution in [2.75, 3.05) is 6.61 Å². The number of carbonyl (C=O) groups is 1. The highest BCUT2D eigenvalue weighted by Crippen LogP contribution is 2.14. The Morgan fingerprint density at radius 3 is 1.38 bits per heavy atom. The maximum atomic E-state index is 12.3. The second kappa shape index (κ2) is 31.0. The van der Waals surface area contributed by atoms with Gasteiger partial charge in [-0.15, -0.1) is 0 Å². The van der Waals surface area contributed by atoms with E-state index in [0.717, 1.165) is 32.1 Å². The number of amides is 1. The summed E-state index contributed by atoms with van der Waals surface area (Å²) in [6.07, 6.45) is 33.6. The SMILES string of the molecule is CCCCCCCCCCCCCCC/C=C/C(O)C(CO)NC(=O)C(O)CCCCCCCCCCCCC. The quantitative estimate of drug-likeness (QED) is 0.0497. The van der Waals surface area contributed by atoms with Crippen LogP contribution in [0.3, 0.4) is 0 Å². The van der Waals surface area contributed by atoms with Crippen molar-refractivity contribution in [3.05, 3.63) is 12.2 Å². The van der Waals surface area contributed by atoms with Crippen LogP contribution in [0.25, 0.3) is 0 Å². The summed E-state index contributed by atoms with van der Waals surface area (Å²) < 4.78 is 0. The van der Waals surface area contributed by atoms with E-state index in [2.05, 4.69) is 19.2 Å². The second-order valence-electron chi connectivity index (χ2n) is 12.1. The summed E-state index contributed by atoms with van der Waals surface area (Å²) in [5.74, 6) is -0.505. The molecule has 0 aliphatic heterocycles. The van der Waals surface area contributed by atoms with Crippen LogP contribution in [0.15, 0.2) is 12.2 Å². The molecule has 0 saturated carbocycles. The van der Waals surface area contributed by atoms with Crippen molar-refractivity contribution in [3.63, 3.8) is 0 Å². The summed E-state index contributed by atoms with van der Waals surface area (Å²) in [6.45, 7) is 4.15. The van der Waals surface area contributed by atoms with Gasteiger partial charge in [-0.3, -0.25) is 4.79 Å². The lowest BCUT2D eigenvalue weighted by molar-refractivity contribution is -0.131. The Balaban J connectivity index is 3.76. The number of hydrogen-bond acceptors (Lipinski definition) is 4. The largest absolute Gasteiger partial charge is 0.394 e. The van der Waals surface area contributed by atoms with Gasteiger partial charge in [0.25, 0.3) is 0 Å². The smallest absolute Gasteiger partial charge is 0.249 e. The number of aliphatic hydroxyl groups excluding tert-OH is 3. The molecule has 0 heterocycles. The van der Waals surface area contributed by atoms with Crippen LogP contribution in [0.5, 0.6) is 0 Å². The molecule has 1 amide bonds. The third kappa shape index (κ3) is 26.0. The maximum absolute atomic E-state index is 12.3.